The number of hydrogen-bond donors (Lipinski definition) is 1. The molecule has 100 valence electrons. The van der Waals surface area contributed by atoms with Crippen LogP contribution in [0.1, 0.15) is 11.3 Å². The Labute approximate surface area is 139 Å². The minimum Gasteiger partial charge on any atom is -1.00 e. The molecule has 0 saturated heterocycles. The van der Waals surface area contributed by atoms with E-state index < -0.39 is 0 Å². The van der Waals surface area contributed by atoms with Gasteiger partial charge in [-0.1, -0.05) is 12.1 Å². The highest BCUT2D eigenvalue weighted by molar-refractivity contribution is 5.08. The fourth-order valence-electron chi connectivity index (χ4n) is 1.34. The second-order valence-corrected chi connectivity index (χ2v) is 3.29. The predicted molar refractivity (Wildman–Crippen MR) is 59.0 cm³/mol. The molecule has 0 atom stereocenters. The van der Waals surface area contributed by atoms with E-state index in [0.717, 1.165) is 18.8 Å². The zero-order valence-corrected chi connectivity index (χ0v) is 14.3. The molecular formula is C12H13Br3N3-3. The van der Waals surface area contributed by atoms with Crippen LogP contribution in [0.3, 0.4) is 0 Å². The van der Waals surface area contributed by atoms with Crippen molar-refractivity contribution in [3.05, 3.63) is 60.2 Å². The van der Waals surface area contributed by atoms with Crippen LogP contribution >= 0.6 is 0 Å². The highest BCUT2D eigenvalue weighted by Crippen LogP contribution is 1.96. The second-order valence-electron chi connectivity index (χ2n) is 3.29. The summed E-state index contributed by atoms with van der Waals surface area (Å²) in [6.07, 6.45) is 5.45. The molecule has 0 bridgehead atoms. The Morgan fingerprint density at radius 1 is 0.889 bits per heavy atom. The van der Waals surface area contributed by atoms with Crippen molar-refractivity contribution in [2.75, 3.05) is 0 Å². The maximum absolute atomic E-state index is 4.23. The molecule has 2 heterocycles. The number of rotatable bonds is 4. The van der Waals surface area contributed by atoms with Gasteiger partial charge in [0.15, 0.2) is 0 Å². The van der Waals surface area contributed by atoms with Crippen LogP contribution in [-0.4, -0.2) is 9.97 Å². The third-order valence-corrected chi connectivity index (χ3v) is 2.08. The normalized spacial score (nSPS) is 8.44. The molecule has 6 heteroatoms. The summed E-state index contributed by atoms with van der Waals surface area (Å²) in [5, 5.41) is 3.32. The zero-order valence-electron chi connectivity index (χ0n) is 9.56. The standard InChI is InChI=1S/C12H13N3.3BrH/c1-2-7-15-12(5-1)10-14-9-11-4-3-6-13-8-11;;;/h1-8,14H,9-10H2;3*1H/p-3. The molecule has 18 heavy (non-hydrogen) atoms. The smallest absolute Gasteiger partial charge is 0.0541 e. The molecule has 2 aromatic rings. The van der Waals surface area contributed by atoms with E-state index in [9.17, 15) is 0 Å². The van der Waals surface area contributed by atoms with E-state index in [1.165, 1.54) is 5.56 Å². The highest BCUT2D eigenvalue weighted by Gasteiger charge is 1.93. The molecule has 0 spiro atoms. The van der Waals surface area contributed by atoms with Gasteiger partial charge in [0.2, 0.25) is 0 Å². The fraction of sp³-hybridized carbons (Fsp3) is 0.167. The lowest BCUT2D eigenvalue weighted by Crippen LogP contribution is -3.00. The molecular weight excluding hydrogens is 426 g/mol. The first-order valence-corrected chi connectivity index (χ1v) is 4.95. The van der Waals surface area contributed by atoms with Crippen molar-refractivity contribution in [3.63, 3.8) is 0 Å². The van der Waals surface area contributed by atoms with Crippen molar-refractivity contribution in [3.8, 4) is 0 Å². The van der Waals surface area contributed by atoms with E-state index in [-0.39, 0.29) is 50.9 Å². The summed E-state index contributed by atoms with van der Waals surface area (Å²) >= 11 is 0. The average molecular weight is 439 g/mol. The largest absolute Gasteiger partial charge is 1.00 e. The zero-order chi connectivity index (χ0) is 10.3. The predicted octanol–water partition coefficient (Wildman–Crippen LogP) is -7.22. The lowest BCUT2D eigenvalue weighted by molar-refractivity contribution is -0.001000. The van der Waals surface area contributed by atoms with Crippen molar-refractivity contribution in [2.24, 2.45) is 0 Å². The minimum absolute atomic E-state index is 0. The van der Waals surface area contributed by atoms with Gasteiger partial charge >= 0.3 is 0 Å². The van der Waals surface area contributed by atoms with Crippen LogP contribution in [0.4, 0.5) is 0 Å². The summed E-state index contributed by atoms with van der Waals surface area (Å²) < 4.78 is 0. The Morgan fingerprint density at radius 3 is 2.33 bits per heavy atom. The number of pyridine rings is 2. The first-order chi connectivity index (χ1) is 7.45. The van der Waals surface area contributed by atoms with Gasteiger partial charge < -0.3 is 56.3 Å². The molecule has 1 N–H and O–H groups in total. The number of hydrogen-bond acceptors (Lipinski definition) is 3. The molecule has 0 aliphatic rings. The van der Waals surface area contributed by atoms with E-state index in [1.54, 1.807) is 12.4 Å². The Balaban J connectivity index is 0. The maximum atomic E-state index is 4.23. The van der Waals surface area contributed by atoms with Crippen LogP contribution in [0.15, 0.2) is 48.9 Å². The number of nitrogens with zero attached hydrogens (tertiary/aromatic N) is 2. The molecule has 2 rings (SSSR count). The van der Waals surface area contributed by atoms with Gasteiger partial charge in [0.05, 0.1) is 5.69 Å². The van der Waals surface area contributed by atoms with Gasteiger partial charge in [-0.15, -0.1) is 0 Å². The molecule has 0 radical (unpaired) electrons. The Hall–Kier alpha value is -0.300. The topological polar surface area (TPSA) is 37.8 Å². The van der Waals surface area contributed by atoms with Gasteiger partial charge in [0.1, 0.15) is 0 Å². The average Bonchev–Trinajstić information content (AvgIpc) is 2.32. The van der Waals surface area contributed by atoms with Crippen LogP contribution in [0.25, 0.3) is 0 Å². The van der Waals surface area contributed by atoms with Gasteiger partial charge in [0.25, 0.3) is 0 Å². The van der Waals surface area contributed by atoms with Crippen LogP contribution in [0, 0.1) is 0 Å². The molecule has 2 aromatic heterocycles. The Morgan fingerprint density at radius 2 is 1.72 bits per heavy atom. The van der Waals surface area contributed by atoms with Crippen molar-refractivity contribution < 1.29 is 50.9 Å². The molecule has 0 aliphatic heterocycles. The van der Waals surface area contributed by atoms with E-state index in [2.05, 4.69) is 21.4 Å². The summed E-state index contributed by atoms with van der Waals surface area (Å²) in [4.78, 5) is 8.29. The minimum atomic E-state index is 0. The van der Waals surface area contributed by atoms with Gasteiger partial charge in [0, 0.05) is 31.7 Å². The van der Waals surface area contributed by atoms with Crippen LogP contribution in [-0.2, 0) is 13.1 Å². The van der Waals surface area contributed by atoms with Gasteiger partial charge in [-0.3, -0.25) is 9.97 Å². The van der Waals surface area contributed by atoms with E-state index in [1.807, 2.05) is 30.5 Å². The van der Waals surface area contributed by atoms with Gasteiger partial charge in [-0.25, -0.2) is 0 Å². The molecule has 0 saturated carbocycles. The summed E-state index contributed by atoms with van der Waals surface area (Å²) in [5.41, 5.74) is 2.25. The maximum Gasteiger partial charge on any atom is 0.0541 e. The lowest BCUT2D eigenvalue weighted by Gasteiger charge is -2.03. The van der Waals surface area contributed by atoms with Crippen molar-refractivity contribution >= 4 is 0 Å². The summed E-state index contributed by atoms with van der Waals surface area (Å²) in [6.45, 7) is 1.61. The van der Waals surface area contributed by atoms with Crippen molar-refractivity contribution in [1.82, 2.24) is 15.3 Å². The van der Waals surface area contributed by atoms with Crippen LogP contribution < -0.4 is 56.3 Å². The Bertz CT molecular complexity index is 358. The molecule has 0 fully saturated rings. The first-order valence-electron chi connectivity index (χ1n) is 4.95. The summed E-state index contributed by atoms with van der Waals surface area (Å²) in [6, 6.07) is 9.92. The monoisotopic (exact) mass is 436 g/mol. The fourth-order valence-corrected chi connectivity index (χ4v) is 1.34. The van der Waals surface area contributed by atoms with E-state index >= 15 is 0 Å². The number of nitrogens with one attached hydrogen (secondary N) is 1. The van der Waals surface area contributed by atoms with Crippen LogP contribution in [0.2, 0.25) is 0 Å². The van der Waals surface area contributed by atoms with Crippen molar-refractivity contribution in [2.45, 2.75) is 13.1 Å². The molecule has 0 aliphatic carbocycles. The van der Waals surface area contributed by atoms with Crippen LogP contribution in [0.5, 0.6) is 0 Å². The summed E-state index contributed by atoms with van der Waals surface area (Å²) in [5.74, 6) is 0. The SMILES string of the molecule is [Br-].[Br-].[Br-].c1ccc(CNCc2cccnc2)nc1. The number of aromatic nitrogens is 2. The summed E-state index contributed by atoms with van der Waals surface area (Å²) in [7, 11) is 0. The van der Waals surface area contributed by atoms with Gasteiger partial charge in [-0.2, -0.15) is 0 Å². The first kappa shape index (κ1) is 20.0. The molecule has 3 nitrogen and oxygen atoms in total. The third kappa shape index (κ3) is 7.20. The van der Waals surface area contributed by atoms with Gasteiger partial charge in [-0.05, 0) is 23.8 Å². The quantitative estimate of drug-likeness (QED) is 0.515. The number of halogens is 3. The molecule has 0 aromatic carbocycles. The second kappa shape index (κ2) is 11.8. The molecule has 0 amide bonds. The third-order valence-electron chi connectivity index (χ3n) is 2.08. The van der Waals surface area contributed by atoms with E-state index in [4.69, 9.17) is 0 Å². The van der Waals surface area contributed by atoms with E-state index in [0.29, 0.717) is 0 Å². The van der Waals surface area contributed by atoms with Crippen molar-refractivity contribution in [1.29, 1.82) is 0 Å². The lowest BCUT2D eigenvalue weighted by atomic mass is 10.3. The molecule has 0 unspecified atom stereocenters. The highest BCUT2D eigenvalue weighted by atomic mass is 79.9. The Kier molecular flexibility index (Phi) is 13.1.